The molecule has 0 spiro atoms. The molecule has 3 fully saturated rings. The second-order valence-electron chi connectivity index (χ2n) is 10.0. The lowest BCUT2D eigenvalue weighted by Gasteiger charge is -2.59. The lowest BCUT2D eigenvalue weighted by molar-refractivity contribution is -0.178. The largest absolute Gasteiger partial charge is 0.508 e. The van der Waals surface area contributed by atoms with E-state index in [2.05, 4.69) is 6.92 Å². The van der Waals surface area contributed by atoms with Crippen molar-refractivity contribution in [3.05, 3.63) is 23.8 Å². The molecule has 1 unspecified atom stereocenters. The molecular formula is C24H32O7. The SMILES string of the molecule is CCOC(=O)OCC(=O)[C@@]1(O)CC[C@H]2[C@@H]3CCC4=CC(=O)C=C[C@]4(C)[C@H]3C(O)C[C@@]21C. The molecule has 31 heavy (non-hydrogen) atoms. The summed E-state index contributed by atoms with van der Waals surface area (Å²) < 4.78 is 9.60. The van der Waals surface area contributed by atoms with Crippen LogP contribution >= 0.6 is 0 Å². The van der Waals surface area contributed by atoms with Crippen LogP contribution in [0.5, 0.6) is 0 Å². The summed E-state index contributed by atoms with van der Waals surface area (Å²) >= 11 is 0. The molecule has 0 amide bonds. The molecule has 0 saturated heterocycles. The fourth-order valence-corrected chi connectivity index (χ4v) is 7.19. The van der Waals surface area contributed by atoms with Gasteiger partial charge in [0.1, 0.15) is 5.60 Å². The molecule has 0 aromatic heterocycles. The van der Waals surface area contributed by atoms with Gasteiger partial charge in [0.15, 0.2) is 12.4 Å². The van der Waals surface area contributed by atoms with Crippen molar-refractivity contribution in [3.63, 3.8) is 0 Å². The van der Waals surface area contributed by atoms with Gasteiger partial charge in [0.25, 0.3) is 0 Å². The Labute approximate surface area is 182 Å². The zero-order valence-electron chi connectivity index (χ0n) is 18.4. The van der Waals surface area contributed by atoms with E-state index in [9.17, 15) is 24.6 Å². The first-order valence-electron chi connectivity index (χ1n) is 11.2. The van der Waals surface area contributed by atoms with E-state index >= 15 is 0 Å². The van der Waals surface area contributed by atoms with Gasteiger partial charge >= 0.3 is 6.16 Å². The number of carbonyl (C=O) groups is 3. The van der Waals surface area contributed by atoms with Crippen LogP contribution in [-0.4, -0.2) is 52.9 Å². The van der Waals surface area contributed by atoms with Crippen LogP contribution in [0.25, 0.3) is 0 Å². The highest BCUT2D eigenvalue weighted by Gasteiger charge is 2.68. The summed E-state index contributed by atoms with van der Waals surface area (Å²) in [4.78, 5) is 36.4. The van der Waals surface area contributed by atoms with E-state index in [0.29, 0.717) is 6.42 Å². The molecule has 0 aromatic rings. The van der Waals surface area contributed by atoms with Gasteiger partial charge in [0, 0.05) is 16.7 Å². The number of rotatable bonds is 4. The minimum atomic E-state index is -1.66. The Hall–Kier alpha value is -1.99. The van der Waals surface area contributed by atoms with Gasteiger partial charge in [0.05, 0.1) is 12.7 Å². The summed E-state index contributed by atoms with van der Waals surface area (Å²) in [6, 6.07) is 0. The Kier molecular flexibility index (Phi) is 5.41. The van der Waals surface area contributed by atoms with Crippen LogP contribution in [0.2, 0.25) is 0 Å². The standard InChI is InChI=1S/C24H32O7/c1-4-30-21(28)31-13-19(27)24(29)10-8-17-16-6-5-14-11-15(25)7-9-22(14,2)20(16)18(26)12-23(17,24)3/h7,9,11,16-18,20,26,29H,4-6,8,10,12-13H2,1-3H3/t16-,17-,18?,20+,22-,23-,24-/m0/s1. The quantitative estimate of drug-likeness (QED) is 0.657. The zero-order chi connectivity index (χ0) is 22.6. The lowest BCUT2D eigenvalue weighted by atomic mass is 9.46. The minimum Gasteiger partial charge on any atom is -0.435 e. The number of hydrogen-bond acceptors (Lipinski definition) is 7. The predicted octanol–water partition coefficient (Wildman–Crippen LogP) is 2.74. The van der Waals surface area contributed by atoms with Crippen molar-refractivity contribution in [2.45, 2.75) is 64.6 Å². The molecule has 0 heterocycles. The Bertz CT molecular complexity index is 860. The average Bonchev–Trinajstić information content (AvgIpc) is 2.98. The van der Waals surface area contributed by atoms with Crippen molar-refractivity contribution >= 4 is 17.7 Å². The zero-order valence-corrected chi connectivity index (χ0v) is 18.4. The molecule has 0 aliphatic heterocycles. The van der Waals surface area contributed by atoms with Crippen LogP contribution in [0.4, 0.5) is 4.79 Å². The molecule has 7 nitrogen and oxygen atoms in total. The van der Waals surface area contributed by atoms with Crippen molar-refractivity contribution in [1.82, 2.24) is 0 Å². The average molecular weight is 433 g/mol. The number of ether oxygens (including phenoxy) is 2. The topological polar surface area (TPSA) is 110 Å². The molecule has 0 bridgehead atoms. The summed E-state index contributed by atoms with van der Waals surface area (Å²) in [5.74, 6) is -0.433. The van der Waals surface area contributed by atoms with Crippen molar-refractivity contribution < 1.29 is 34.1 Å². The van der Waals surface area contributed by atoms with Crippen LogP contribution in [0.15, 0.2) is 23.8 Å². The molecule has 4 rings (SSSR count). The third-order valence-corrected chi connectivity index (χ3v) is 8.69. The first-order valence-corrected chi connectivity index (χ1v) is 11.2. The molecule has 2 N–H and O–H groups in total. The number of allylic oxidation sites excluding steroid dienone is 4. The number of fused-ring (bicyclic) bond motifs is 5. The maximum Gasteiger partial charge on any atom is 0.508 e. The van der Waals surface area contributed by atoms with Crippen LogP contribution < -0.4 is 0 Å². The Morgan fingerprint density at radius 3 is 2.68 bits per heavy atom. The lowest BCUT2D eigenvalue weighted by Crippen LogP contribution is -2.61. The van der Waals surface area contributed by atoms with Gasteiger partial charge in [-0.2, -0.15) is 0 Å². The van der Waals surface area contributed by atoms with E-state index in [1.165, 1.54) is 0 Å². The van der Waals surface area contributed by atoms with E-state index in [1.807, 2.05) is 13.0 Å². The van der Waals surface area contributed by atoms with E-state index < -0.39 is 41.1 Å². The van der Waals surface area contributed by atoms with Crippen molar-refractivity contribution in [1.29, 1.82) is 0 Å². The monoisotopic (exact) mass is 432 g/mol. The van der Waals surface area contributed by atoms with Crippen molar-refractivity contribution in [2.24, 2.45) is 28.6 Å². The molecule has 170 valence electrons. The van der Waals surface area contributed by atoms with Gasteiger partial charge in [0.2, 0.25) is 5.78 Å². The normalized spacial score (nSPS) is 43.4. The van der Waals surface area contributed by atoms with E-state index in [-0.39, 0.29) is 43.0 Å². The van der Waals surface area contributed by atoms with Gasteiger partial charge in [-0.1, -0.05) is 25.5 Å². The molecule has 4 aliphatic carbocycles. The van der Waals surface area contributed by atoms with Gasteiger partial charge in [-0.05, 0) is 63.0 Å². The summed E-state index contributed by atoms with van der Waals surface area (Å²) in [5, 5.41) is 22.8. The second kappa shape index (κ2) is 7.55. The highest BCUT2D eigenvalue weighted by Crippen LogP contribution is 2.67. The second-order valence-corrected chi connectivity index (χ2v) is 10.0. The summed E-state index contributed by atoms with van der Waals surface area (Å²) in [6.07, 6.45) is 6.40. The smallest absolute Gasteiger partial charge is 0.435 e. The van der Waals surface area contributed by atoms with E-state index in [0.717, 1.165) is 18.4 Å². The minimum absolute atomic E-state index is 0.0106. The maximum absolute atomic E-state index is 13.0. The number of ketones is 2. The predicted molar refractivity (Wildman–Crippen MR) is 111 cm³/mol. The molecule has 0 aromatic carbocycles. The molecule has 7 heteroatoms. The third-order valence-electron chi connectivity index (χ3n) is 8.69. The fourth-order valence-electron chi connectivity index (χ4n) is 7.19. The van der Waals surface area contributed by atoms with Crippen molar-refractivity contribution in [3.8, 4) is 0 Å². The van der Waals surface area contributed by atoms with E-state index in [4.69, 9.17) is 9.47 Å². The number of Topliss-reactive ketones (excluding diaryl/α,β-unsaturated/α-hetero) is 1. The van der Waals surface area contributed by atoms with Gasteiger partial charge in [-0.3, -0.25) is 9.59 Å². The highest BCUT2D eigenvalue weighted by molar-refractivity contribution is 6.01. The first-order chi connectivity index (χ1) is 14.6. The van der Waals surface area contributed by atoms with Gasteiger partial charge < -0.3 is 19.7 Å². The van der Waals surface area contributed by atoms with Crippen LogP contribution in [0.1, 0.15) is 52.9 Å². The number of aliphatic hydroxyl groups is 2. The number of hydrogen-bond donors (Lipinski definition) is 2. The summed E-state index contributed by atoms with van der Waals surface area (Å²) in [6.45, 7) is 5.21. The highest BCUT2D eigenvalue weighted by atomic mass is 16.7. The number of aliphatic hydroxyl groups excluding tert-OH is 1. The van der Waals surface area contributed by atoms with Crippen LogP contribution in [-0.2, 0) is 19.1 Å². The Morgan fingerprint density at radius 1 is 1.23 bits per heavy atom. The van der Waals surface area contributed by atoms with Crippen LogP contribution in [0, 0.1) is 28.6 Å². The van der Waals surface area contributed by atoms with Gasteiger partial charge in [-0.25, -0.2) is 4.79 Å². The maximum atomic E-state index is 13.0. The summed E-state index contributed by atoms with van der Waals surface area (Å²) in [7, 11) is 0. The molecule has 4 aliphatic rings. The van der Waals surface area contributed by atoms with Crippen LogP contribution in [0.3, 0.4) is 0 Å². The molecule has 0 radical (unpaired) electrons. The molecule has 3 saturated carbocycles. The molecular weight excluding hydrogens is 400 g/mol. The third kappa shape index (κ3) is 3.20. The Morgan fingerprint density at radius 2 is 1.97 bits per heavy atom. The Balaban J connectivity index is 1.60. The van der Waals surface area contributed by atoms with E-state index in [1.54, 1.807) is 19.1 Å². The molecule has 7 atom stereocenters. The van der Waals surface area contributed by atoms with Crippen molar-refractivity contribution in [2.75, 3.05) is 13.2 Å². The number of carbonyl (C=O) groups excluding carboxylic acids is 3. The summed E-state index contributed by atoms with van der Waals surface area (Å²) in [5.41, 5.74) is -1.80. The fraction of sp³-hybridized carbons (Fsp3) is 0.708. The first kappa shape index (κ1) is 22.2. The van der Waals surface area contributed by atoms with Gasteiger partial charge in [-0.15, -0.1) is 0 Å².